The maximum atomic E-state index is 14.3. The number of carbonyl (C=O) groups excluding carboxylic acids is 1. The van der Waals surface area contributed by atoms with Gasteiger partial charge in [0, 0.05) is 11.5 Å². The topological polar surface area (TPSA) is 26.3 Å². The molecule has 1 aliphatic rings. The lowest BCUT2D eigenvalue weighted by Crippen LogP contribution is -2.26. The van der Waals surface area contributed by atoms with Crippen molar-refractivity contribution in [3.05, 3.63) is 34.6 Å². The highest BCUT2D eigenvalue weighted by Crippen LogP contribution is 2.38. The van der Waals surface area contributed by atoms with Crippen LogP contribution in [0.5, 0.6) is 0 Å². The van der Waals surface area contributed by atoms with Crippen molar-refractivity contribution in [3.63, 3.8) is 0 Å². The first kappa shape index (κ1) is 16.9. The van der Waals surface area contributed by atoms with Gasteiger partial charge in [-0.2, -0.15) is 13.2 Å². The molecule has 122 valence electrons. The molecule has 1 aromatic carbocycles. The molecule has 0 aromatic heterocycles. The highest BCUT2D eigenvalue weighted by molar-refractivity contribution is 5.78. The Bertz CT molecular complexity index is 532. The third-order valence-corrected chi connectivity index (χ3v) is 4.04. The van der Waals surface area contributed by atoms with Crippen LogP contribution >= 0.6 is 0 Å². The molecule has 1 aromatic rings. The number of benzene rings is 1. The van der Waals surface area contributed by atoms with Gasteiger partial charge in [-0.3, -0.25) is 4.79 Å². The second kappa shape index (κ2) is 6.77. The predicted molar refractivity (Wildman–Crippen MR) is 73.4 cm³/mol. The molecule has 0 amide bonds. The normalized spacial score (nSPS) is 22.6. The van der Waals surface area contributed by atoms with Crippen LogP contribution in [0.3, 0.4) is 0 Å². The Morgan fingerprint density at radius 1 is 1.32 bits per heavy atom. The Labute approximate surface area is 126 Å². The van der Waals surface area contributed by atoms with E-state index in [1.807, 2.05) is 6.92 Å². The van der Waals surface area contributed by atoms with Crippen LogP contribution in [0.15, 0.2) is 12.1 Å². The predicted octanol–water partition coefficient (Wildman–Crippen LogP) is 4.72. The van der Waals surface area contributed by atoms with Gasteiger partial charge < -0.3 is 4.74 Å². The minimum atomic E-state index is -4.89. The SMILES string of the molecule is CCCC1CCC(c2ccc(C=O)c(C(F)(F)F)c2F)CO1. The summed E-state index contributed by atoms with van der Waals surface area (Å²) in [5.74, 6) is -1.76. The molecule has 0 bridgehead atoms. The summed E-state index contributed by atoms with van der Waals surface area (Å²) in [5, 5.41) is 0. The van der Waals surface area contributed by atoms with Crippen molar-refractivity contribution in [2.24, 2.45) is 0 Å². The lowest BCUT2D eigenvalue weighted by atomic mass is 9.88. The number of halogens is 4. The summed E-state index contributed by atoms with van der Waals surface area (Å²) in [7, 11) is 0. The van der Waals surface area contributed by atoms with Crippen molar-refractivity contribution >= 4 is 6.29 Å². The summed E-state index contributed by atoms with van der Waals surface area (Å²) in [6.45, 7) is 2.24. The fraction of sp³-hybridized carbons (Fsp3) is 0.562. The molecule has 1 heterocycles. The minimum absolute atomic E-state index is 0.0205. The molecule has 0 N–H and O–H groups in total. The molecule has 2 unspecified atom stereocenters. The van der Waals surface area contributed by atoms with Gasteiger partial charge in [-0.25, -0.2) is 4.39 Å². The zero-order chi connectivity index (χ0) is 16.3. The first-order chi connectivity index (χ1) is 10.4. The van der Waals surface area contributed by atoms with Crippen molar-refractivity contribution in [2.45, 2.75) is 50.8 Å². The lowest BCUT2D eigenvalue weighted by Gasteiger charge is -2.30. The van der Waals surface area contributed by atoms with Crippen LogP contribution in [0.2, 0.25) is 0 Å². The third kappa shape index (κ3) is 3.48. The maximum Gasteiger partial charge on any atom is 0.419 e. The smallest absolute Gasteiger partial charge is 0.378 e. The molecular weight excluding hydrogens is 300 g/mol. The molecule has 6 heteroatoms. The quantitative estimate of drug-likeness (QED) is 0.593. The van der Waals surface area contributed by atoms with E-state index in [-0.39, 0.29) is 24.6 Å². The molecule has 0 radical (unpaired) electrons. The molecule has 0 spiro atoms. The molecule has 0 aliphatic carbocycles. The van der Waals surface area contributed by atoms with Gasteiger partial charge in [0.25, 0.3) is 0 Å². The van der Waals surface area contributed by atoms with Crippen molar-refractivity contribution in [2.75, 3.05) is 6.61 Å². The lowest BCUT2D eigenvalue weighted by molar-refractivity contribution is -0.140. The third-order valence-electron chi connectivity index (χ3n) is 4.04. The summed E-state index contributed by atoms with van der Waals surface area (Å²) in [6.07, 6.45) is -1.61. The monoisotopic (exact) mass is 318 g/mol. The zero-order valence-corrected chi connectivity index (χ0v) is 12.3. The number of rotatable bonds is 4. The summed E-state index contributed by atoms with van der Waals surface area (Å²) >= 11 is 0. The van der Waals surface area contributed by atoms with E-state index < -0.39 is 29.0 Å². The van der Waals surface area contributed by atoms with Gasteiger partial charge >= 0.3 is 6.18 Å². The van der Waals surface area contributed by atoms with Crippen LogP contribution in [-0.4, -0.2) is 19.0 Å². The molecule has 0 saturated carbocycles. The molecule has 2 atom stereocenters. The maximum absolute atomic E-state index is 14.3. The number of ether oxygens (including phenoxy) is 1. The van der Waals surface area contributed by atoms with E-state index in [2.05, 4.69) is 0 Å². The molecule has 2 nitrogen and oxygen atoms in total. The van der Waals surface area contributed by atoms with Crippen LogP contribution < -0.4 is 0 Å². The number of aldehydes is 1. The van der Waals surface area contributed by atoms with Gasteiger partial charge in [0.05, 0.1) is 12.7 Å². The van der Waals surface area contributed by atoms with Gasteiger partial charge in [-0.05, 0) is 24.8 Å². The van der Waals surface area contributed by atoms with Crippen molar-refractivity contribution in [3.8, 4) is 0 Å². The summed E-state index contributed by atoms with van der Waals surface area (Å²) in [5.41, 5.74) is -2.17. The molecule has 1 aliphatic heterocycles. The number of alkyl halides is 3. The van der Waals surface area contributed by atoms with Crippen molar-refractivity contribution in [1.29, 1.82) is 0 Å². The minimum Gasteiger partial charge on any atom is -0.378 e. The Balaban J connectivity index is 2.28. The van der Waals surface area contributed by atoms with E-state index in [0.717, 1.165) is 18.9 Å². The summed E-state index contributed by atoms with van der Waals surface area (Å²) in [6, 6.07) is 2.30. The van der Waals surface area contributed by atoms with Gasteiger partial charge in [0.1, 0.15) is 11.4 Å². The van der Waals surface area contributed by atoms with Gasteiger partial charge in [-0.1, -0.05) is 25.5 Å². The first-order valence-corrected chi connectivity index (χ1v) is 7.34. The number of hydrogen-bond acceptors (Lipinski definition) is 2. The van der Waals surface area contributed by atoms with Crippen LogP contribution in [0, 0.1) is 5.82 Å². The van der Waals surface area contributed by atoms with Gasteiger partial charge in [0.2, 0.25) is 0 Å². The average Bonchev–Trinajstić information content (AvgIpc) is 2.47. The Morgan fingerprint density at radius 2 is 2.05 bits per heavy atom. The second-order valence-corrected chi connectivity index (χ2v) is 5.57. The van der Waals surface area contributed by atoms with Crippen LogP contribution in [0.1, 0.15) is 60.0 Å². The number of carbonyl (C=O) groups is 1. The van der Waals surface area contributed by atoms with Crippen molar-refractivity contribution < 1.29 is 27.1 Å². The average molecular weight is 318 g/mol. The van der Waals surface area contributed by atoms with Gasteiger partial charge in [-0.15, -0.1) is 0 Å². The van der Waals surface area contributed by atoms with Crippen LogP contribution in [-0.2, 0) is 10.9 Å². The van der Waals surface area contributed by atoms with E-state index in [0.29, 0.717) is 12.8 Å². The standard InChI is InChI=1S/C16H18F4O2/c1-2-3-12-6-4-11(9-22-12)13-7-5-10(8-21)14(15(13)17)16(18,19)20/h5,7-8,11-12H,2-4,6,9H2,1H3. The highest BCUT2D eigenvalue weighted by atomic mass is 19.4. The second-order valence-electron chi connectivity index (χ2n) is 5.57. The molecule has 22 heavy (non-hydrogen) atoms. The molecule has 1 fully saturated rings. The fourth-order valence-corrected chi connectivity index (χ4v) is 2.91. The molecule has 2 rings (SSSR count). The highest BCUT2D eigenvalue weighted by Gasteiger charge is 2.39. The van der Waals surface area contributed by atoms with E-state index in [1.165, 1.54) is 6.07 Å². The number of hydrogen-bond donors (Lipinski definition) is 0. The van der Waals surface area contributed by atoms with Crippen molar-refractivity contribution in [1.82, 2.24) is 0 Å². The van der Waals surface area contributed by atoms with E-state index in [4.69, 9.17) is 4.74 Å². The Kier molecular flexibility index (Phi) is 5.21. The summed E-state index contributed by atoms with van der Waals surface area (Å²) < 4.78 is 58.8. The van der Waals surface area contributed by atoms with E-state index in [9.17, 15) is 22.4 Å². The Hall–Kier alpha value is -1.43. The van der Waals surface area contributed by atoms with Crippen LogP contribution in [0.4, 0.5) is 17.6 Å². The van der Waals surface area contributed by atoms with Crippen LogP contribution in [0.25, 0.3) is 0 Å². The van der Waals surface area contributed by atoms with E-state index in [1.54, 1.807) is 0 Å². The zero-order valence-electron chi connectivity index (χ0n) is 12.3. The molecule has 1 saturated heterocycles. The van der Waals surface area contributed by atoms with E-state index >= 15 is 0 Å². The summed E-state index contributed by atoms with van der Waals surface area (Å²) in [4.78, 5) is 10.7. The fourth-order valence-electron chi connectivity index (χ4n) is 2.91. The largest absolute Gasteiger partial charge is 0.419 e. The molecular formula is C16H18F4O2. The Morgan fingerprint density at radius 3 is 2.55 bits per heavy atom. The van der Waals surface area contributed by atoms with Gasteiger partial charge in [0.15, 0.2) is 6.29 Å². The first-order valence-electron chi connectivity index (χ1n) is 7.34.